The maximum atomic E-state index is 13.0. The number of ether oxygens (including phenoxy) is 1. The number of rotatable bonds is 5. The van der Waals surface area contributed by atoms with Crippen LogP contribution in [0.2, 0.25) is 0 Å². The molecule has 0 aliphatic carbocycles. The van der Waals surface area contributed by atoms with Crippen molar-refractivity contribution in [2.24, 2.45) is 5.10 Å². The van der Waals surface area contributed by atoms with Crippen molar-refractivity contribution in [2.75, 3.05) is 6.61 Å². The largest absolute Gasteiger partial charge is 0.484 e. The molecule has 4 nitrogen and oxygen atoms in total. The highest BCUT2D eigenvalue weighted by molar-refractivity contribution is 14.1. The molecule has 2 rings (SSSR count). The number of hydrazone groups is 1. The molecule has 6 heteroatoms. The first-order valence-electron chi connectivity index (χ1n) is 6.52. The Labute approximate surface area is 141 Å². The third-order valence-corrected chi connectivity index (χ3v) is 3.50. The van der Waals surface area contributed by atoms with E-state index in [-0.39, 0.29) is 6.61 Å². The van der Waals surface area contributed by atoms with Gasteiger partial charge >= 0.3 is 0 Å². The summed E-state index contributed by atoms with van der Waals surface area (Å²) in [7, 11) is 0. The molecule has 2 aromatic carbocycles. The SMILES string of the molecule is C/C(=N/NC(=O)COc1cccc(F)c1)c1ccc(I)cc1. The van der Waals surface area contributed by atoms with E-state index >= 15 is 0 Å². The van der Waals surface area contributed by atoms with Crippen LogP contribution in [0, 0.1) is 9.39 Å². The summed E-state index contributed by atoms with van der Waals surface area (Å²) in [6.07, 6.45) is 0. The fourth-order valence-corrected chi connectivity index (χ4v) is 2.00. The quantitative estimate of drug-likeness (QED) is 0.465. The molecule has 0 heterocycles. The maximum absolute atomic E-state index is 13.0. The average molecular weight is 412 g/mol. The van der Waals surface area contributed by atoms with Crippen molar-refractivity contribution in [3.63, 3.8) is 0 Å². The number of benzene rings is 2. The summed E-state index contributed by atoms with van der Waals surface area (Å²) in [5, 5.41) is 4.01. The molecule has 0 saturated carbocycles. The lowest BCUT2D eigenvalue weighted by molar-refractivity contribution is -0.123. The Bertz CT molecular complexity index is 687. The van der Waals surface area contributed by atoms with Crippen molar-refractivity contribution >= 4 is 34.2 Å². The van der Waals surface area contributed by atoms with Crippen molar-refractivity contribution in [1.29, 1.82) is 0 Å². The fourth-order valence-electron chi connectivity index (χ4n) is 1.64. The van der Waals surface area contributed by atoms with E-state index in [0.717, 1.165) is 9.13 Å². The van der Waals surface area contributed by atoms with Crippen LogP contribution in [0.1, 0.15) is 12.5 Å². The van der Waals surface area contributed by atoms with E-state index in [4.69, 9.17) is 4.74 Å². The number of carbonyl (C=O) groups excluding carboxylic acids is 1. The van der Waals surface area contributed by atoms with Crippen LogP contribution in [0.4, 0.5) is 4.39 Å². The average Bonchev–Trinajstić information content (AvgIpc) is 2.51. The first kappa shape index (κ1) is 16.4. The van der Waals surface area contributed by atoms with Gasteiger partial charge in [0.05, 0.1) is 5.71 Å². The third kappa shape index (κ3) is 5.10. The van der Waals surface area contributed by atoms with Gasteiger partial charge in [-0.25, -0.2) is 9.82 Å². The summed E-state index contributed by atoms with van der Waals surface area (Å²) in [5.74, 6) is -0.520. The van der Waals surface area contributed by atoms with Crippen LogP contribution >= 0.6 is 22.6 Å². The van der Waals surface area contributed by atoms with E-state index in [2.05, 4.69) is 33.1 Å². The minimum atomic E-state index is -0.412. The number of carbonyl (C=O) groups is 1. The summed E-state index contributed by atoms with van der Waals surface area (Å²) < 4.78 is 19.3. The topological polar surface area (TPSA) is 50.7 Å². The van der Waals surface area contributed by atoms with Gasteiger partial charge in [0.2, 0.25) is 0 Å². The molecule has 2 aromatic rings. The van der Waals surface area contributed by atoms with Crippen LogP contribution in [0.3, 0.4) is 0 Å². The zero-order valence-electron chi connectivity index (χ0n) is 11.8. The van der Waals surface area contributed by atoms with Gasteiger partial charge in [-0.15, -0.1) is 0 Å². The zero-order chi connectivity index (χ0) is 15.9. The van der Waals surface area contributed by atoms with Crippen LogP contribution in [0.5, 0.6) is 5.75 Å². The molecule has 0 spiro atoms. The van der Waals surface area contributed by atoms with Crippen LogP contribution in [-0.4, -0.2) is 18.2 Å². The maximum Gasteiger partial charge on any atom is 0.277 e. The molecule has 0 bridgehead atoms. The monoisotopic (exact) mass is 412 g/mol. The van der Waals surface area contributed by atoms with Crippen molar-refractivity contribution < 1.29 is 13.9 Å². The van der Waals surface area contributed by atoms with Gasteiger partial charge in [-0.3, -0.25) is 4.79 Å². The Morgan fingerprint density at radius 1 is 1.27 bits per heavy atom. The van der Waals surface area contributed by atoms with E-state index in [1.54, 1.807) is 13.0 Å². The number of hydrogen-bond acceptors (Lipinski definition) is 3. The summed E-state index contributed by atoms with van der Waals surface area (Å²) in [6.45, 7) is 1.57. The molecule has 0 aromatic heterocycles. The molecule has 0 saturated heterocycles. The van der Waals surface area contributed by atoms with Crippen molar-refractivity contribution in [1.82, 2.24) is 5.43 Å². The molecule has 0 aliphatic rings. The van der Waals surface area contributed by atoms with E-state index in [0.29, 0.717) is 11.5 Å². The van der Waals surface area contributed by atoms with Crippen molar-refractivity contribution in [3.05, 3.63) is 63.5 Å². The van der Waals surface area contributed by atoms with Gasteiger partial charge in [0, 0.05) is 9.64 Å². The molecular weight excluding hydrogens is 398 g/mol. The van der Waals surface area contributed by atoms with Crippen LogP contribution in [0.15, 0.2) is 53.6 Å². The predicted octanol–water partition coefficient (Wildman–Crippen LogP) is 3.35. The Kier molecular flexibility index (Phi) is 5.88. The van der Waals surface area contributed by atoms with Gasteiger partial charge in [0.1, 0.15) is 11.6 Å². The molecule has 1 amide bonds. The van der Waals surface area contributed by atoms with Crippen LogP contribution in [0.25, 0.3) is 0 Å². The molecule has 22 heavy (non-hydrogen) atoms. The van der Waals surface area contributed by atoms with Gasteiger partial charge in [-0.1, -0.05) is 18.2 Å². The molecule has 0 atom stereocenters. The Morgan fingerprint density at radius 3 is 2.68 bits per heavy atom. The van der Waals surface area contributed by atoms with E-state index in [1.165, 1.54) is 18.2 Å². The van der Waals surface area contributed by atoms with Crippen molar-refractivity contribution in [3.8, 4) is 5.75 Å². The summed E-state index contributed by atoms with van der Waals surface area (Å²) >= 11 is 2.22. The number of nitrogens with zero attached hydrogens (tertiary/aromatic N) is 1. The van der Waals surface area contributed by atoms with Gasteiger partial charge in [0.15, 0.2) is 6.61 Å². The fraction of sp³-hybridized carbons (Fsp3) is 0.125. The minimum Gasteiger partial charge on any atom is -0.484 e. The first-order chi connectivity index (χ1) is 10.5. The predicted molar refractivity (Wildman–Crippen MR) is 91.4 cm³/mol. The smallest absolute Gasteiger partial charge is 0.277 e. The highest BCUT2D eigenvalue weighted by atomic mass is 127. The zero-order valence-corrected chi connectivity index (χ0v) is 14.0. The van der Waals surface area contributed by atoms with Crippen molar-refractivity contribution in [2.45, 2.75) is 6.92 Å². The number of halogens is 2. The number of nitrogens with one attached hydrogen (secondary N) is 1. The van der Waals surface area contributed by atoms with E-state index < -0.39 is 11.7 Å². The Morgan fingerprint density at radius 2 is 2.00 bits per heavy atom. The highest BCUT2D eigenvalue weighted by Gasteiger charge is 2.03. The third-order valence-electron chi connectivity index (χ3n) is 2.78. The molecule has 114 valence electrons. The Hall–Kier alpha value is -1.96. The van der Waals surface area contributed by atoms with Gasteiger partial charge < -0.3 is 4.74 Å². The minimum absolute atomic E-state index is 0.229. The molecule has 0 unspecified atom stereocenters. The second-order valence-electron chi connectivity index (χ2n) is 4.49. The van der Waals surface area contributed by atoms with Crippen LogP contribution < -0.4 is 10.2 Å². The molecule has 0 fully saturated rings. The molecule has 0 radical (unpaired) electrons. The van der Waals surface area contributed by atoms with Gasteiger partial charge in [0.25, 0.3) is 5.91 Å². The van der Waals surface area contributed by atoms with Gasteiger partial charge in [-0.2, -0.15) is 5.10 Å². The second kappa shape index (κ2) is 7.88. The summed E-state index contributed by atoms with van der Waals surface area (Å²) in [5.41, 5.74) is 4.02. The lowest BCUT2D eigenvalue weighted by atomic mass is 10.1. The molecular formula is C16H14FIN2O2. The second-order valence-corrected chi connectivity index (χ2v) is 5.73. The summed E-state index contributed by atoms with van der Waals surface area (Å²) in [6, 6.07) is 13.4. The highest BCUT2D eigenvalue weighted by Crippen LogP contribution is 2.11. The lowest BCUT2D eigenvalue weighted by Gasteiger charge is -2.06. The molecule has 0 aliphatic heterocycles. The standard InChI is InChI=1S/C16H14FIN2O2/c1-11(12-5-7-14(18)8-6-12)19-20-16(21)10-22-15-4-2-3-13(17)9-15/h2-9H,10H2,1H3,(H,20,21)/b19-11-. The lowest BCUT2D eigenvalue weighted by Crippen LogP contribution is -2.25. The molecule has 1 N–H and O–H groups in total. The van der Waals surface area contributed by atoms with Gasteiger partial charge in [-0.05, 0) is 59.3 Å². The Balaban J connectivity index is 1.86. The normalized spacial score (nSPS) is 11.1. The van der Waals surface area contributed by atoms with E-state index in [1.807, 2.05) is 24.3 Å². The first-order valence-corrected chi connectivity index (χ1v) is 7.60. The van der Waals surface area contributed by atoms with E-state index in [9.17, 15) is 9.18 Å². The number of amides is 1. The number of hydrogen-bond donors (Lipinski definition) is 1. The van der Waals surface area contributed by atoms with Crippen LogP contribution in [-0.2, 0) is 4.79 Å². The summed E-state index contributed by atoms with van der Waals surface area (Å²) in [4.78, 5) is 11.7.